The highest BCUT2D eigenvalue weighted by molar-refractivity contribution is 5.64. The van der Waals surface area contributed by atoms with Crippen LogP contribution in [0.1, 0.15) is 76.8 Å². The van der Waals surface area contributed by atoms with E-state index >= 15 is 0 Å². The summed E-state index contributed by atoms with van der Waals surface area (Å²) in [6.45, 7) is 9.83. The summed E-state index contributed by atoms with van der Waals surface area (Å²) in [5.41, 5.74) is 1.92. The van der Waals surface area contributed by atoms with Crippen LogP contribution in [0.4, 0.5) is 4.79 Å². The molecule has 152 valence electrons. The molecule has 2 unspecified atom stereocenters. The van der Waals surface area contributed by atoms with Crippen molar-refractivity contribution in [1.82, 2.24) is 0 Å². The second kappa shape index (κ2) is 9.63. The van der Waals surface area contributed by atoms with Crippen molar-refractivity contribution in [1.29, 1.82) is 0 Å². The van der Waals surface area contributed by atoms with Crippen LogP contribution < -0.4 is 4.74 Å². The molecule has 0 aliphatic heterocycles. The maximum absolute atomic E-state index is 11.8. The van der Waals surface area contributed by atoms with Crippen LogP contribution >= 0.6 is 0 Å². The third-order valence-electron chi connectivity index (χ3n) is 4.85. The Hall–Kier alpha value is -2.49. The molecule has 0 bridgehead atoms. The first-order valence-electron chi connectivity index (χ1n) is 9.97. The second-order valence-corrected chi connectivity index (χ2v) is 8.31. The van der Waals surface area contributed by atoms with Gasteiger partial charge in [0.15, 0.2) is 0 Å². The van der Waals surface area contributed by atoms with Gasteiger partial charge in [0.1, 0.15) is 17.1 Å². The number of hydrogen-bond donors (Lipinski definition) is 1. The van der Waals surface area contributed by atoms with Crippen molar-refractivity contribution in [2.45, 2.75) is 71.3 Å². The highest BCUT2D eigenvalue weighted by atomic mass is 16.7. The quantitative estimate of drug-likeness (QED) is 0.422. The molecule has 0 radical (unpaired) electrons. The summed E-state index contributed by atoms with van der Waals surface area (Å²) >= 11 is 0. The first-order chi connectivity index (χ1) is 13.2. The van der Waals surface area contributed by atoms with Gasteiger partial charge in [-0.2, -0.15) is 0 Å². The van der Waals surface area contributed by atoms with Gasteiger partial charge in [0.25, 0.3) is 0 Å². The molecule has 28 heavy (non-hydrogen) atoms. The zero-order chi connectivity index (χ0) is 20.7. The highest BCUT2D eigenvalue weighted by Crippen LogP contribution is 2.31. The molecule has 4 heteroatoms. The molecule has 0 saturated heterocycles. The lowest BCUT2D eigenvalue weighted by molar-refractivity contribution is 0.0206. The lowest BCUT2D eigenvalue weighted by Crippen LogP contribution is -2.25. The van der Waals surface area contributed by atoms with Gasteiger partial charge < -0.3 is 14.6 Å². The lowest BCUT2D eigenvalue weighted by atomic mass is 9.87. The Morgan fingerprint density at radius 2 is 1.54 bits per heavy atom. The molecular weight excluding hydrogens is 352 g/mol. The van der Waals surface area contributed by atoms with Crippen molar-refractivity contribution >= 4 is 6.16 Å². The monoisotopic (exact) mass is 384 g/mol. The van der Waals surface area contributed by atoms with Crippen molar-refractivity contribution < 1.29 is 19.4 Å². The number of rotatable bonds is 7. The van der Waals surface area contributed by atoms with Crippen LogP contribution in [0, 0.1) is 0 Å². The lowest BCUT2D eigenvalue weighted by Gasteiger charge is -2.20. The van der Waals surface area contributed by atoms with Gasteiger partial charge in [-0.05, 0) is 87.3 Å². The van der Waals surface area contributed by atoms with Crippen molar-refractivity contribution in [2.24, 2.45) is 0 Å². The van der Waals surface area contributed by atoms with Gasteiger partial charge in [-0.1, -0.05) is 38.1 Å². The average molecular weight is 385 g/mol. The summed E-state index contributed by atoms with van der Waals surface area (Å²) in [5.74, 6) is 1.68. The number of carbonyl (C=O) groups is 1. The second-order valence-electron chi connectivity index (χ2n) is 8.31. The molecule has 4 nitrogen and oxygen atoms in total. The largest absolute Gasteiger partial charge is 0.514 e. The predicted molar refractivity (Wildman–Crippen MR) is 112 cm³/mol. The zero-order valence-corrected chi connectivity index (χ0v) is 17.6. The third-order valence-corrected chi connectivity index (χ3v) is 4.85. The summed E-state index contributed by atoms with van der Waals surface area (Å²) < 4.78 is 10.4. The number of benzene rings is 2. The van der Waals surface area contributed by atoms with Gasteiger partial charge in [0, 0.05) is 0 Å². The standard InChI is InChI=1S/C24H32O4/c1-6-18(20-9-13-21(25)14-10-20)8-7-17(2)19-11-15-22(16-12-19)27-23(26)28-24(3,4)5/h9-18,25H,6-8H2,1-5H3. The minimum absolute atomic E-state index is 0.306. The van der Waals surface area contributed by atoms with E-state index in [0.29, 0.717) is 23.3 Å². The van der Waals surface area contributed by atoms with E-state index in [0.717, 1.165) is 19.3 Å². The van der Waals surface area contributed by atoms with Crippen LogP contribution in [0.3, 0.4) is 0 Å². The van der Waals surface area contributed by atoms with E-state index in [1.165, 1.54) is 11.1 Å². The van der Waals surface area contributed by atoms with E-state index in [1.54, 1.807) is 32.9 Å². The Kier molecular flexibility index (Phi) is 7.50. The Bertz CT molecular complexity index is 742. The molecule has 0 aliphatic carbocycles. The van der Waals surface area contributed by atoms with Gasteiger partial charge in [-0.3, -0.25) is 0 Å². The fourth-order valence-corrected chi connectivity index (χ4v) is 3.20. The van der Waals surface area contributed by atoms with E-state index in [4.69, 9.17) is 9.47 Å². The zero-order valence-electron chi connectivity index (χ0n) is 17.6. The van der Waals surface area contributed by atoms with Crippen LogP contribution in [0.15, 0.2) is 48.5 Å². The van der Waals surface area contributed by atoms with Crippen molar-refractivity contribution in [3.05, 3.63) is 59.7 Å². The van der Waals surface area contributed by atoms with Crippen LogP contribution in [0.25, 0.3) is 0 Å². The van der Waals surface area contributed by atoms with Gasteiger partial charge in [-0.15, -0.1) is 0 Å². The molecule has 0 amide bonds. The van der Waals surface area contributed by atoms with Crippen LogP contribution in [0.2, 0.25) is 0 Å². The van der Waals surface area contributed by atoms with E-state index in [1.807, 2.05) is 36.4 Å². The van der Waals surface area contributed by atoms with Crippen molar-refractivity contribution in [2.75, 3.05) is 0 Å². The third kappa shape index (κ3) is 6.91. The molecule has 0 saturated carbocycles. The molecule has 0 fully saturated rings. The number of phenolic OH excluding ortho intramolecular Hbond substituents is 1. The van der Waals surface area contributed by atoms with Gasteiger partial charge in [0.2, 0.25) is 0 Å². The van der Waals surface area contributed by atoms with Crippen molar-refractivity contribution in [3.63, 3.8) is 0 Å². The summed E-state index contributed by atoms with van der Waals surface area (Å²) in [4.78, 5) is 11.8. The number of aromatic hydroxyl groups is 1. The molecular formula is C24H32O4. The van der Waals surface area contributed by atoms with Crippen LogP contribution in [-0.2, 0) is 4.74 Å². The summed E-state index contributed by atoms with van der Waals surface area (Å²) in [6, 6.07) is 15.2. The Labute approximate surface area is 168 Å². The van der Waals surface area contributed by atoms with Crippen LogP contribution in [-0.4, -0.2) is 16.9 Å². The number of carbonyl (C=O) groups excluding carboxylic acids is 1. The fraction of sp³-hybridized carbons (Fsp3) is 0.458. The Balaban J connectivity index is 1.90. The van der Waals surface area contributed by atoms with Gasteiger partial charge >= 0.3 is 6.16 Å². The van der Waals surface area contributed by atoms with E-state index in [2.05, 4.69) is 13.8 Å². The van der Waals surface area contributed by atoms with E-state index in [-0.39, 0.29) is 0 Å². The van der Waals surface area contributed by atoms with Crippen molar-refractivity contribution in [3.8, 4) is 11.5 Å². The topological polar surface area (TPSA) is 55.8 Å². The molecule has 0 aromatic heterocycles. The number of ether oxygens (including phenoxy) is 2. The first-order valence-corrected chi connectivity index (χ1v) is 9.97. The molecule has 1 N–H and O–H groups in total. The number of phenols is 1. The highest BCUT2D eigenvalue weighted by Gasteiger charge is 2.18. The predicted octanol–water partition coefficient (Wildman–Crippen LogP) is 6.78. The smallest absolute Gasteiger partial charge is 0.508 e. The maximum Gasteiger partial charge on any atom is 0.514 e. The molecule has 0 heterocycles. The molecule has 0 aliphatic rings. The first kappa shape index (κ1) is 21.8. The maximum atomic E-state index is 11.8. The normalized spacial score (nSPS) is 13.6. The number of hydrogen-bond acceptors (Lipinski definition) is 4. The van der Waals surface area contributed by atoms with Gasteiger partial charge in [0.05, 0.1) is 0 Å². The molecule has 2 aromatic carbocycles. The SMILES string of the molecule is CCC(CCC(C)c1ccc(OC(=O)OC(C)(C)C)cc1)c1ccc(O)cc1. The summed E-state index contributed by atoms with van der Waals surface area (Å²) in [5, 5.41) is 9.47. The van der Waals surface area contributed by atoms with E-state index in [9.17, 15) is 9.90 Å². The minimum atomic E-state index is -0.687. The average Bonchev–Trinajstić information content (AvgIpc) is 2.62. The summed E-state index contributed by atoms with van der Waals surface area (Å²) in [7, 11) is 0. The minimum Gasteiger partial charge on any atom is -0.508 e. The molecule has 0 spiro atoms. The molecule has 2 atom stereocenters. The Morgan fingerprint density at radius 3 is 2.07 bits per heavy atom. The van der Waals surface area contributed by atoms with E-state index < -0.39 is 11.8 Å². The molecule has 2 rings (SSSR count). The van der Waals surface area contributed by atoms with Crippen LogP contribution in [0.5, 0.6) is 11.5 Å². The fourth-order valence-electron chi connectivity index (χ4n) is 3.20. The molecule has 2 aromatic rings. The Morgan fingerprint density at radius 1 is 0.964 bits per heavy atom. The summed E-state index contributed by atoms with van der Waals surface area (Å²) in [6.07, 6.45) is 2.53. The van der Waals surface area contributed by atoms with Gasteiger partial charge in [-0.25, -0.2) is 4.79 Å².